The van der Waals surface area contributed by atoms with Crippen molar-refractivity contribution in [3.8, 4) is 11.5 Å². The summed E-state index contributed by atoms with van der Waals surface area (Å²) in [6.45, 7) is 1.39. The summed E-state index contributed by atoms with van der Waals surface area (Å²) < 4.78 is 12.6. The molecule has 0 N–H and O–H groups in total. The predicted molar refractivity (Wildman–Crippen MR) is 91.0 cm³/mol. The van der Waals surface area contributed by atoms with Gasteiger partial charge in [0.05, 0.1) is 31.6 Å². The van der Waals surface area contributed by atoms with Gasteiger partial charge in [0.25, 0.3) is 5.91 Å². The van der Waals surface area contributed by atoms with Gasteiger partial charge in [-0.3, -0.25) is 4.79 Å². The number of likely N-dealkylation sites (tertiary alicyclic amines) is 1. The van der Waals surface area contributed by atoms with Crippen molar-refractivity contribution < 1.29 is 14.3 Å². The van der Waals surface area contributed by atoms with Crippen LogP contribution < -0.4 is 9.47 Å². The van der Waals surface area contributed by atoms with Crippen molar-refractivity contribution in [3.63, 3.8) is 0 Å². The summed E-state index contributed by atoms with van der Waals surface area (Å²) in [6, 6.07) is 3.56. The van der Waals surface area contributed by atoms with Crippen LogP contribution in [-0.4, -0.2) is 47.7 Å². The summed E-state index contributed by atoms with van der Waals surface area (Å²) in [5, 5.41) is 0.364. The van der Waals surface area contributed by atoms with E-state index in [1.54, 1.807) is 24.7 Å². The molecule has 3 rings (SSSR count). The second kappa shape index (κ2) is 7.13. The summed E-state index contributed by atoms with van der Waals surface area (Å²) in [6.07, 6.45) is 7.48. The first-order chi connectivity index (χ1) is 11.6. The lowest BCUT2D eigenvalue weighted by atomic mass is 10.0. The fourth-order valence-electron chi connectivity index (χ4n) is 3.09. The van der Waals surface area contributed by atoms with Crippen LogP contribution in [0.2, 0.25) is 5.02 Å². The molecule has 1 fully saturated rings. The lowest BCUT2D eigenvalue weighted by Gasteiger charge is -2.33. The van der Waals surface area contributed by atoms with E-state index in [0.717, 1.165) is 19.4 Å². The van der Waals surface area contributed by atoms with Crippen molar-refractivity contribution >= 4 is 17.5 Å². The lowest BCUT2D eigenvalue weighted by molar-refractivity contribution is 0.0679. The molecule has 128 valence electrons. The Kier molecular flexibility index (Phi) is 4.94. The number of carbonyl (C=O) groups excluding carboxylic acids is 1. The highest BCUT2D eigenvalue weighted by Crippen LogP contribution is 2.36. The molecule has 1 aromatic heterocycles. The zero-order valence-electron chi connectivity index (χ0n) is 13.7. The number of benzene rings is 1. The van der Waals surface area contributed by atoms with Crippen LogP contribution in [-0.2, 0) is 0 Å². The van der Waals surface area contributed by atoms with E-state index in [4.69, 9.17) is 21.1 Å². The maximum absolute atomic E-state index is 12.9. The van der Waals surface area contributed by atoms with Crippen LogP contribution in [0.15, 0.2) is 30.9 Å². The summed E-state index contributed by atoms with van der Waals surface area (Å²) >= 11 is 6.22. The Morgan fingerprint density at radius 2 is 2.17 bits per heavy atom. The number of nitrogens with zero attached hydrogens (tertiary/aromatic N) is 3. The molecule has 1 atom stereocenters. The number of carbonyl (C=O) groups is 1. The lowest BCUT2D eigenvalue weighted by Crippen LogP contribution is -2.40. The van der Waals surface area contributed by atoms with E-state index < -0.39 is 0 Å². The Hall–Kier alpha value is -2.21. The van der Waals surface area contributed by atoms with Crippen LogP contribution in [0, 0.1) is 0 Å². The van der Waals surface area contributed by atoms with Crippen molar-refractivity contribution in [2.24, 2.45) is 0 Å². The minimum absolute atomic E-state index is 0.0531. The summed E-state index contributed by atoms with van der Waals surface area (Å²) in [5.41, 5.74) is 0.504. The van der Waals surface area contributed by atoms with E-state index in [9.17, 15) is 4.79 Å². The molecule has 1 amide bonds. The van der Waals surface area contributed by atoms with Crippen molar-refractivity contribution in [1.29, 1.82) is 0 Å². The molecule has 0 saturated carbocycles. The van der Waals surface area contributed by atoms with Crippen molar-refractivity contribution in [3.05, 3.63) is 41.4 Å². The van der Waals surface area contributed by atoms with Gasteiger partial charge in [0.15, 0.2) is 11.5 Å². The fraction of sp³-hybridized carbons (Fsp3) is 0.412. The number of hydrogen-bond donors (Lipinski definition) is 0. The number of hydrogen-bond acceptors (Lipinski definition) is 4. The van der Waals surface area contributed by atoms with Gasteiger partial charge < -0.3 is 18.9 Å². The number of amides is 1. The number of methoxy groups -OCH3 is 2. The van der Waals surface area contributed by atoms with E-state index in [1.165, 1.54) is 14.2 Å². The molecule has 0 unspecified atom stereocenters. The SMILES string of the molecule is COc1cc(C(=O)N2CCC[C@@H](n3ccnc3)C2)cc(Cl)c1OC. The first-order valence-electron chi connectivity index (χ1n) is 7.82. The predicted octanol–water partition coefficient (Wildman–Crippen LogP) is 3.03. The average Bonchev–Trinajstić information content (AvgIpc) is 3.15. The summed E-state index contributed by atoms with van der Waals surface area (Å²) in [4.78, 5) is 18.8. The van der Waals surface area contributed by atoms with E-state index in [2.05, 4.69) is 9.55 Å². The van der Waals surface area contributed by atoms with Crippen molar-refractivity contribution in [2.45, 2.75) is 18.9 Å². The van der Waals surface area contributed by atoms with E-state index in [0.29, 0.717) is 28.6 Å². The Balaban J connectivity index is 1.82. The molecule has 1 saturated heterocycles. The number of aromatic nitrogens is 2. The molecule has 0 aliphatic carbocycles. The zero-order chi connectivity index (χ0) is 17.1. The normalized spacial score (nSPS) is 17.6. The van der Waals surface area contributed by atoms with Gasteiger partial charge in [0, 0.05) is 31.0 Å². The standard InChI is InChI=1S/C17H20ClN3O3/c1-23-15-9-12(8-14(18)16(15)24-2)17(22)20-6-3-4-13(10-20)21-7-5-19-11-21/h5,7-9,11,13H,3-4,6,10H2,1-2H3/t13-/m1/s1. The van der Waals surface area contributed by atoms with Crippen LogP contribution in [0.1, 0.15) is 29.2 Å². The van der Waals surface area contributed by atoms with Gasteiger partial charge in [-0.05, 0) is 25.0 Å². The number of halogens is 1. The van der Waals surface area contributed by atoms with Crippen LogP contribution >= 0.6 is 11.6 Å². The maximum atomic E-state index is 12.9. The van der Waals surface area contributed by atoms with Gasteiger partial charge in [0.1, 0.15) is 0 Å². The molecule has 1 aliphatic rings. The maximum Gasteiger partial charge on any atom is 0.254 e. The average molecular weight is 350 g/mol. The molecule has 0 spiro atoms. The smallest absolute Gasteiger partial charge is 0.254 e. The van der Waals surface area contributed by atoms with Gasteiger partial charge >= 0.3 is 0 Å². The molecule has 1 aromatic carbocycles. The number of piperidine rings is 1. The van der Waals surface area contributed by atoms with Gasteiger partial charge in [-0.2, -0.15) is 0 Å². The minimum Gasteiger partial charge on any atom is -0.493 e. The van der Waals surface area contributed by atoms with Crippen molar-refractivity contribution in [1.82, 2.24) is 14.5 Å². The molecule has 6 nitrogen and oxygen atoms in total. The second-order valence-corrected chi connectivity index (χ2v) is 6.16. The largest absolute Gasteiger partial charge is 0.493 e. The van der Waals surface area contributed by atoms with Crippen LogP contribution in [0.5, 0.6) is 11.5 Å². The Bertz CT molecular complexity index is 718. The van der Waals surface area contributed by atoms with Crippen LogP contribution in [0.25, 0.3) is 0 Å². The second-order valence-electron chi connectivity index (χ2n) is 5.75. The summed E-state index contributed by atoms with van der Waals surface area (Å²) in [7, 11) is 3.05. The minimum atomic E-state index is -0.0531. The van der Waals surface area contributed by atoms with Gasteiger partial charge in [-0.15, -0.1) is 0 Å². The van der Waals surface area contributed by atoms with Crippen LogP contribution in [0.4, 0.5) is 0 Å². The van der Waals surface area contributed by atoms with Crippen LogP contribution in [0.3, 0.4) is 0 Å². The molecule has 0 radical (unpaired) electrons. The molecular weight excluding hydrogens is 330 g/mol. The van der Waals surface area contributed by atoms with Gasteiger partial charge in [0.2, 0.25) is 0 Å². The Morgan fingerprint density at radius 3 is 2.83 bits per heavy atom. The highest BCUT2D eigenvalue weighted by atomic mass is 35.5. The molecular formula is C17H20ClN3O3. The van der Waals surface area contributed by atoms with E-state index >= 15 is 0 Å². The quantitative estimate of drug-likeness (QED) is 0.851. The van der Waals surface area contributed by atoms with Gasteiger partial charge in [-0.1, -0.05) is 11.6 Å². The number of rotatable bonds is 4. The van der Waals surface area contributed by atoms with Crippen molar-refractivity contribution in [2.75, 3.05) is 27.3 Å². The third kappa shape index (κ3) is 3.19. The Morgan fingerprint density at radius 1 is 1.33 bits per heavy atom. The van der Waals surface area contributed by atoms with Gasteiger partial charge in [-0.25, -0.2) is 4.98 Å². The topological polar surface area (TPSA) is 56.6 Å². The number of ether oxygens (including phenoxy) is 2. The number of imidazole rings is 1. The fourth-order valence-corrected chi connectivity index (χ4v) is 3.38. The molecule has 2 heterocycles. The summed E-state index contributed by atoms with van der Waals surface area (Å²) in [5.74, 6) is 0.838. The first-order valence-corrected chi connectivity index (χ1v) is 8.20. The highest BCUT2D eigenvalue weighted by Gasteiger charge is 2.26. The van der Waals surface area contributed by atoms with E-state index in [1.807, 2.05) is 11.1 Å². The monoisotopic (exact) mass is 349 g/mol. The molecule has 24 heavy (non-hydrogen) atoms. The molecule has 7 heteroatoms. The third-order valence-electron chi connectivity index (χ3n) is 4.31. The first kappa shape index (κ1) is 16.6. The Labute approximate surface area is 145 Å². The molecule has 1 aliphatic heterocycles. The third-order valence-corrected chi connectivity index (χ3v) is 4.59. The zero-order valence-corrected chi connectivity index (χ0v) is 14.5. The van der Waals surface area contributed by atoms with E-state index in [-0.39, 0.29) is 11.9 Å². The molecule has 0 bridgehead atoms. The molecule has 2 aromatic rings. The highest BCUT2D eigenvalue weighted by molar-refractivity contribution is 6.32.